The number of carbonyl (C=O) groups excluding carboxylic acids is 1. The van der Waals surface area contributed by atoms with Crippen molar-refractivity contribution in [3.63, 3.8) is 0 Å². The number of rotatable bonds is 4. The molecular formula is C21H19Cl2NO2. The number of phenolic OH excluding ortho intramolecular Hbond substituents is 1. The lowest BCUT2D eigenvalue weighted by Crippen LogP contribution is -2.35. The molecule has 1 atom stereocenters. The summed E-state index contributed by atoms with van der Waals surface area (Å²) in [6.45, 7) is 3.79. The maximum Gasteiger partial charge on any atom is 0.232 e. The molecule has 0 aromatic heterocycles. The van der Waals surface area contributed by atoms with Gasteiger partial charge in [-0.3, -0.25) is 4.79 Å². The Bertz CT molecular complexity index is 969. The number of phenols is 1. The van der Waals surface area contributed by atoms with Gasteiger partial charge in [-0.05, 0) is 48.4 Å². The Balaban J connectivity index is 2.26. The van der Waals surface area contributed by atoms with Gasteiger partial charge in [0.2, 0.25) is 5.91 Å². The fourth-order valence-electron chi connectivity index (χ4n) is 3.10. The number of benzene rings is 3. The normalized spacial score (nSPS) is 12.3. The zero-order valence-corrected chi connectivity index (χ0v) is 16.0. The summed E-state index contributed by atoms with van der Waals surface area (Å²) in [5.74, 6) is -0.845. The van der Waals surface area contributed by atoms with Crippen LogP contribution in [-0.2, 0) is 4.79 Å². The topological polar surface area (TPSA) is 49.3 Å². The largest absolute Gasteiger partial charge is 0.508 e. The van der Waals surface area contributed by atoms with E-state index in [9.17, 15) is 9.90 Å². The van der Waals surface area contributed by atoms with Crippen LogP contribution in [0, 0.1) is 0 Å². The average Bonchev–Trinajstić information content (AvgIpc) is 2.59. The minimum absolute atomic E-state index is 0.0371. The van der Waals surface area contributed by atoms with Crippen molar-refractivity contribution in [3.05, 3.63) is 75.8 Å². The third kappa shape index (κ3) is 3.64. The second-order valence-electron chi connectivity index (χ2n) is 6.49. The van der Waals surface area contributed by atoms with Gasteiger partial charge in [0.15, 0.2) is 0 Å². The molecule has 0 saturated heterocycles. The molecule has 3 aromatic carbocycles. The molecule has 0 aliphatic heterocycles. The van der Waals surface area contributed by atoms with E-state index in [0.29, 0.717) is 21.2 Å². The van der Waals surface area contributed by atoms with Crippen LogP contribution in [0.4, 0.5) is 0 Å². The molecule has 0 spiro atoms. The van der Waals surface area contributed by atoms with Crippen LogP contribution >= 0.6 is 23.2 Å². The van der Waals surface area contributed by atoms with E-state index in [2.05, 4.69) is 5.32 Å². The number of aromatic hydroxyl groups is 1. The van der Waals surface area contributed by atoms with Gasteiger partial charge < -0.3 is 10.4 Å². The summed E-state index contributed by atoms with van der Waals surface area (Å²) in [5, 5.41) is 16.1. The van der Waals surface area contributed by atoms with Crippen molar-refractivity contribution in [1.82, 2.24) is 5.32 Å². The molecule has 1 amide bonds. The molecule has 26 heavy (non-hydrogen) atoms. The average molecular weight is 388 g/mol. The zero-order chi connectivity index (χ0) is 18.8. The molecule has 0 radical (unpaired) electrons. The van der Waals surface area contributed by atoms with E-state index in [-0.39, 0.29) is 17.7 Å². The van der Waals surface area contributed by atoms with Gasteiger partial charge in [0.05, 0.1) is 16.0 Å². The van der Waals surface area contributed by atoms with Crippen LogP contribution in [0.15, 0.2) is 54.6 Å². The molecule has 0 aliphatic carbocycles. The Kier molecular flexibility index (Phi) is 5.40. The molecule has 3 nitrogen and oxygen atoms in total. The molecule has 0 bridgehead atoms. The fourth-order valence-corrected chi connectivity index (χ4v) is 3.40. The fraction of sp³-hybridized carbons (Fsp3) is 0.190. The third-order valence-electron chi connectivity index (χ3n) is 4.21. The van der Waals surface area contributed by atoms with Gasteiger partial charge in [0.1, 0.15) is 5.75 Å². The van der Waals surface area contributed by atoms with E-state index in [4.69, 9.17) is 23.2 Å². The molecule has 0 heterocycles. The second kappa shape index (κ2) is 7.56. The first kappa shape index (κ1) is 18.6. The Morgan fingerprint density at radius 2 is 1.73 bits per heavy atom. The molecular weight excluding hydrogens is 369 g/mol. The van der Waals surface area contributed by atoms with Gasteiger partial charge in [-0.2, -0.15) is 0 Å². The highest BCUT2D eigenvalue weighted by Gasteiger charge is 2.28. The first-order valence-electron chi connectivity index (χ1n) is 8.34. The van der Waals surface area contributed by atoms with Crippen LogP contribution in [0.25, 0.3) is 10.8 Å². The molecule has 3 aromatic rings. The number of amides is 1. The highest BCUT2D eigenvalue weighted by molar-refractivity contribution is 6.42. The quantitative estimate of drug-likeness (QED) is 0.619. The molecule has 134 valence electrons. The van der Waals surface area contributed by atoms with Crippen molar-refractivity contribution < 1.29 is 9.90 Å². The van der Waals surface area contributed by atoms with Gasteiger partial charge in [-0.25, -0.2) is 0 Å². The van der Waals surface area contributed by atoms with Crippen LogP contribution in [0.3, 0.4) is 0 Å². The third-order valence-corrected chi connectivity index (χ3v) is 4.95. The molecule has 0 saturated carbocycles. The summed E-state index contributed by atoms with van der Waals surface area (Å²) in [4.78, 5) is 13.0. The molecule has 1 unspecified atom stereocenters. The van der Waals surface area contributed by atoms with Gasteiger partial charge in [0.25, 0.3) is 0 Å². The lowest BCUT2D eigenvalue weighted by atomic mass is 9.86. The summed E-state index contributed by atoms with van der Waals surface area (Å²) in [7, 11) is 0. The second-order valence-corrected chi connectivity index (χ2v) is 7.30. The lowest BCUT2D eigenvalue weighted by Gasteiger charge is -2.22. The van der Waals surface area contributed by atoms with E-state index in [1.165, 1.54) is 0 Å². The maximum atomic E-state index is 13.0. The molecule has 0 fully saturated rings. The predicted molar refractivity (Wildman–Crippen MR) is 107 cm³/mol. The van der Waals surface area contributed by atoms with Crippen molar-refractivity contribution in [3.8, 4) is 5.75 Å². The van der Waals surface area contributed by atoms with Gasteiger partial charge in [-0.15, -0.1) is 0 Å². The van der Waals surface area contributed by atoms with E-state index in [1.807, 2.05) is 44.2 Å². The summed E-state index contributed by atoms with van der Waals surface area (Å²) in [6, 6.07) is 16.2. The first-order chi connectivity index (χ1) is 12.4. The lowest BCUT2D eigenvalue weighted by molar-refractivity contribution is -0.122. The Morgan fingerprint density at radius 1 is 1.00 bits per heavy atom. The molecule has 0 aliphatic rings. The van der Waals surface area contributed by atoms with Crippen molar-refractivity contribution >= 4 is 39.9 Å². The first-order valence-corrected chi connectivity index (χ1v) is 9.10. The van der Waals surface area contributed by atoms with E-state index < -0.39 is 5.92 Å². The number of hydrogen-bond acceptors (Lipinski definition) is 2. The summed E-state index contributed by atoms with van der Waals surface area (Å²) in [6.07, 6.45) is 0. The monoisotopic (exact) mass is 387 g/mol. The highest BCUT2D eigenvalue weighted by Crippen LogP contribution is 2.39. The molecule has 5 heteroatoms. The Hall–Kier alpha value is -2.23. The van der Waals surface area contributed by atoms with Crippen LogP contribution in [0.5, 0.6) is 5.75 Å². The van der Waals surface area contributed by atoms with Gasteiger partial charge in [-0.1, -0.05) is 59.6 Å². The molecule has 2 N–H and O–H groups in total. The maximum absolute atomic E-state index is 13.0. The van der Waals surface area contributed by atoms with Crippen LogP contribution in [-0.4, -0.2) is 17.1 Å². The van der Waals surface area contributed by atoms with Gasteiger partial charge in [0, 0.05) is 11.6 Å². The van der Waals surface area contributed by atoms with Crippen LogP contribution < -0.4 is 5.32 Å². The minimum Gasteiger partial charge on any atom is -0.508 e. The number of fused-ring (bicyclic) bond motifs is 1. The van der Waals surface area contributed by atoms with E-state index >= 15 is 0 Å². The van der Waals surface area contributed by atoms with Crippen LogP contribution in [0.2, 0.25) is 10.0 Å². The Labute approximate surface area is 162 Å². The van der Waals surface area contributed by atoms with Crippen molar-refractivity contribution in [1.29, 1.82) is 0 Å². The van der Waals surface area contributed by atoms with E-state index in [1.54, 1.807) is 24.3 Å². The summed E-state index contributed by atoms with van der Waals surface area (Å²) < 4.78 is 0. The van der Waals surface area contributed by atoms with Crippen molar-refractivity contribution in [2.75, 3.05) is 0 Å². The predicted octanol–water partition coefficient (Wildman–Crippen LogP) is 5.51. The smallest absolute Gasteiger partial charge is 0.232 e. The van der Waals surface area contributed by atoms with Gasteiger partial charge >= 0.3 is 0 Å². The summed E-state index contributed by atoms with van der Waals surface area (Å²) >= 11 is 12.2. The highest BCUT2D eigenvalue weighted by atomic mass is 35.5. The van der Waals surface area contributed by atoms with Crippen molar-refractivity contribution in [2.24, 2.45) is 0 Å². The minimum atomic E-state index is -0.710. The zero-order valence-electron chi connectivity index (χ0n) is 14.5. The van der Waals surface area contributed by atoms with Crippen molar-refractivity contribution in [2.45, 2.75) is 25.8 Å². The summed E-state index contributed by atoms with van der Waals surface area (Å²) in [5.41, 5.74) is 1.23. The number of halogens is 2. The van der Waals surface area contributed by atoms with E-state index in [0.717, 1.165) is 10.8 Å². The number of carbonyl (C=O) groups is 1. The van der Waals surface area contributed by atoms with Crippen LogP contribution in [0.1, 0.15) is 30.9 Å². The molecule has 3 rings (SSSR count). The number of hydrogen-bond donors (Lipinski definition) is 2. The standard InChI is InChI=1S/C21H19Cl2NO2/c1-12(2)24-21(26)19(14-7-9-16(22)17(23)11-14)20-15-6-4-3-5-13(15)8-10-18(20)25/h3-12,19,25H,1-2H3,(H,24,26). The number of nitrogens with one attached hydrogen (secondary N) is 1. The SMILES string of the molecule is CC(C)NC(=O)C(c1ccc(Cl)c(Cl)c1)c1c(O)ccc2ccccc12. The Morgan fingerprint density at radius 3 is 2.42 bits per heavy atom.